The van der Waals surface area contributed by atoms with Crippen molar-refractivity contribution in [1.82, 2.24) is 24.6 Å². The van der Waals surface area contributed by atoms with Crippen molar-refractivity contribution in [2.75, 3.05) is 6.54 Å². The Morgan fingerprint density at radius 2 is 2.11 bits per heavy atom. The third-order valence-corrected chi connectivity index (χ3v) is 5.01. The van der Waals surface area contributed by atoms with Crippen LogP contribution in [0.1, 0.15) is 51.8 Å². The Balaban J connectivity index is 1.64. The first-order valence-electron chi connectivity index (χ1n) is 9.41. The van der Waals surface area contributed by atoms with Gasteiger partial charge in [-0.05, 0) is 31.0 Å². The first kappa shape index (κ1) is 18.2. The summed E-state index contributed by atoms with van der Waals surface area (Å²) in [5.41, 5.74) is 3.81. The number of amides is 1. The number of carboxylic acids is 1. The number of hydrogen-bond acceptors (Lipinski definition) is 4. The molecule has 0 saturated carbocycles. The Morgan fingerprint density at radius 3 is 2.82 bits per heavy atom. The molecule has 0 unspecified atom stereocenters. The molecule has 0 atom stereocenters. The van der Waals surface area contributed by atoms with Crippen LogP contribution in [-0.4, -0.2) is 48.2 Å². The zero-order valence-electron chi connectivity index (χ0n) is 16.2. The fourth-order valence-electron chi connectivity index (χ4n) is 3.79. The van der Waals surface area contributed by atoms with E-state index in [-0.39, 0.29) is 18.1 Å². The monoisotopic (exact) mass is 381 g/mol. The summed E-state index contributed by atoms with van der Waals surface area (Å²) < 4.78 is 1.80. The maximum absolute atomic E-state index is 13.0. The zero-order chi connectivity index (χ0) is 20.0. The van der Waals surface area contributed by atoms with Crippen LogP contribution < -0.4 is 0 Å². The molecule has 1 aliphatic rings. The maximum atomic E-state index is 13.0. The Labute approximate surface area is 162 Å². The van der Waals surface area contributed by atoms with Gasteiger partial charge >= 0.3 is 5.97 Å². The van der Waals surface area contributed by atoms with Crippen LogP contribution in [0.3, 0.4) is 0 Å². The van der Waals surface area contributed by atoms with E-state index >= 15 is 0 Å². The topological polar surface area (TPSA) is 104 Å². The lowest BCUT2D eigenvalue weighted by molar-refractivity contribution is 0.0674. The first-order chi connectivity index (χ1) is 13.3. The molecule has 2 aromatic heterocycles. The molecule has 4 rings (SSSR count). The Kier molecular flexibility index (Phi) is 4.41. The number of imidazole rings is 1. The van der Waals surface area contributed by atoms with Crippen LogP contribution in [0.25, 0.3) is 11.0 Å². The Bertz CT molecular complexity index is 1080. The maximum Gasteiger partial charge on any atom is 0.356 e. The minimum Gasteiger partial charge on any atom is -0.476 e. The second kappa shape index (κ2) is 6.78. The number of H-pyrrole nitrogens is 1. The van der Waals surface area contributed by atoms with Crippen molar-refractivity contribution in [2.45, 2.75) is 40.3 Å². The highest BCUT2D eigenvalue weighted by atomic mass is 16.4. The highest BCUT2D eigenvalue weighted by Gasteiger charge is 2.30. The van der Waals surface area contributed by atoms with Crippen molar-refractivity contribution in [3.8, 4) is 0 Å². The van der Waals surface area contributed by atoms with Crippen LogP contribution in [-0.2, 0) is 19.5 Å². The standard InChI is InChI=1S/C20H23N5O3/c1-11(2)9-25-17-6-7-24(10-14(17)18(23-25)20(27)28)19(26)13-4-5-15-16(8-13)22-12(3)21-15/h4-5,8,11H,6-7,9-10H2,1-3H3,(H,21,22)(H,27,28). The number of aromatic carboxylic acids is 1. The van der Waals surface area contributed by atoms with E-state index in [0.29, 0.717) is 36.6 Å². The number of nitrogens with one attached hydrogen (secondary N) is 1. The molecule has 0 radical (unpaired) electrons. The van der Waals surface area contributed by atoms with E-state index in [1.54, 1.807) is 21.7 Å². The average Bonchev–Trinajstić information content (AvgIpc) is 3.19. The number of aryl methyl sites for hydroxylation is 1. The number of carbonyl (C=O) groups excluding carboxylic acids is 1. The van der Waals surface area contributed by atoms with Crippen LogP contribution in [0.5, 0.6) is 0 Å². The van der Waals surface area contributed by atoms with E-state index in [4.69, 9.17) is 0 Å². The summed E-state index contributed by atoms with van der Waals surface area (Å²) >= 11 is 0. The molecule has 146 valence electrons. The number of benzene rings is 1. The van der Waals surface area contributed by atoms with Crippen molar-refractivity contribution in [3.63, 3.8) is 0 Å². The fourth-order valence-corrected chi connectivity index (χ4v) is 3.79. The number of aromatic nitrogens is 4. The molecule has 0 saturated heterocycles. The summed E-state index contributed by atoms with van der Waals surface area (Å²) in [5.74, 6) is -0.0177. The molecular weight excluding hydrogens is 358 g/mol. The summed E-state index contributed by atoms with van der Waals surface area (Å²) in [7, 11) is 0. The number of rotatable bonds is 4. The Hall–Kier alpha value is -3.16. The largest absolute Gasteiger partial charge is 0.476 e. The molecule has 8 heteroatoms. The lowest BCUT2D eigenvalue weighted by Gasteiger charge is -2.28. The van der Waals surface area contributed by atoms with Gasteiger partial charge < -0.3 is 15.0 Å². The SMILES string of the molecule is Cc1nc2ccc(C(=O)N3CCc4c(c(C(=O)O)nn4CC(C)C)C3)cc2[nH]1. The molecule has 0 fully saturated rings. The Morgan fingerprint density at radius 1 is 1.32 bits per heavy atom. The van der Waals surface area contributed by atoms with Gasteiger partial charge in [-0.25, -0.2) is 9.78 Å². The molecule has 0 spiro atoms. The third-order valence-electron chi connectivity index (χ3n) is 5.01. The second-order valence-corrected chi connectivity index (χ2v) is 7.69. The summed E-state index contributed by atoms with van der Waals surface area (Å²) in [4.78, 5) is 33.9. The highest BCUT2D eigenvalue weighted by Crippen LogP contribution is 2.25. The summed E-state index contributed by atoms with van der Waals surface area (Å²) in [6.45, 7) is 7.47. The molecule has 28 heavy (non-hydrogen) atoms. The molecule has 1 aromatic carbocycles. The number of carbonyl (C=O) groups is 2. The van der Waals surface area contributed by atoms with Gasteiger partial charge in [-0.1, -0.05) is 13.8 Å². The average molecular weight is 381 g/mol. The van der Waals surface area contributed by atoms with E-state index < -0.39 is 5.97 Å². The fraction of sp³-hybridized carbons (Fsp3) is 0.400. The molecule has 3 aromatic rings. The van der Waals surface area contributed by atoms with Gasteiger partial charge in [0.2, 0.25) is 0 Å². The second-order valence-electron chi connectivity index (χ2n) is 7.69. The summed E-state index contributed by atoms with van der Waals surface area (Å²) in [5, 5.41) is 13.9. The summed E-state index contributed by atoms with van der Waals surface area (Å²) in [6.07, 6.45) is 0.597. The van der Waals surface area contributed by atoms with E-state index in [9.17, 15) is 14.7 Å². The van der Waals surface area contributed by atoms with Gasteiger partial charge in [0, 0.05) is 36.3 Å². The molecule has 2 N–H and O–H groups in total. The lowest BCUT2D eigenvalue weighted by atomic mass is 10.0. The predicted octanol–water partition coefficient (Wildman–Crippen LogP) is 2.62. The number of aromatic amines is 1. The lowest BCUT2D eigenvalue weighted by Crippen LogP contribution is -2.36. The normalized spacial score (nSPS) is 13.9. The van der Waals surface area contributed by atoms with Crippen LogP contribution in [0.15, 0.2) is 18.2 Å². The van der Waals surface area contributed by atoms with Crippen molar-refractivity contribution in [2.24, 2.45) is 5.92 Å². The van der Waals surface area contributed by atoms with E-state index in [1.165, 1.54) is 0 Å². The molecule has 1 amide bonds. The van der Waals surface area contributed by atoms with Crippen LogP contribution in [0.2, 0.25) is 0 Å². The summed E-state index contributed by atoms with van der Waals surface area (Å²) in [6, 6.07) is 5.39. The number of hydrogen-bond donors (Lipinski definition) is 2. The minimum atomic E-state index is -1.05. The van der Waals surface area contributed by atoms with Crippen LogP contribution >= 0.6 is 0 Å². The van der Waals surface area contributed by atoms with Crippen molar-refractivity contribution >= 4 is 22.9 Å². The minimum absolute atomic E-state index is 0.0489. The van der Waals surface area contributed by atoms with E-state index in [1.807, 2.05) is 13.0 Å². The number of carboxylic acid groups (broad SMARTS) is 1. The van der Waals surface area contributed by atoms with Gasteiger partial charge in [0.15, 0.2) is 5.69 Å². The van der Waals surface area contributed by atoms with Crippen molar-refractivity contribution in [1.29, 1.82) is 0 Å². The molecule has 0 aliphatic carbocycles. The van der Waals surface area contributed by atoms with Gasteiger partial charge in [0.1, 0.15) is 5.82 Å². The van der Waals surface area contributed by atoms with Gasteiger partial charge in [0.25, 0.3) is 5.91 Å². The highest BCUT2D eigenvalue weighted by molar-refractivity contribution is 5.97. The van der Waals surface area contributed by atoms with E-state index in [0.717, 1.165) is 22.6 Å². The van der Waals surface area contributed by atoms with Gasteiger partial charge in [0.05, 0.1) is 17.6 Å². The van der Waals surface area contributed by atoms with E-state index in [2.05, 4.69) is 28.9 Å². The van der Waals surface area contributed by atoms with Gasteiger partial charge in [-0.15, -0.1) is 0 Å². The zero-order valence-corrected chi connectivity index (χ0v) is 16.2. The predicted molar refractivity (Wildman–Crippen MR) is 103 cm³/mol. The van der Waals surface area contributed by atoms with Gasteiger partial charge in [-0.2, -0.15) is 5.10 Å². The molecule has 8 nitrogen and oxygen atoms in total. The van der Waals surface area contributed by atoms with Gasteiger partial charge in [-0.3, -0.25) is 9.48 Å². The number of fused-ring (bicyclic) bond motifs is 2. The quantitative estimate of drug-likeness (QED) is 0.723. The number of nitrogens with zero attached hydrogens (tertiary/aromatic N) is 4. The molecule has 0 bridgehead atoms. The first-order valence-corrected chi connectivity index (χ1v) is 9.41. The van der Waals surface area contributed by atoms with Crippen LogP contribution in [0.4, 0.5) is 0 Å². The van der Waals surface area contributed by atoms with Crippen molar-refractivity contribution in [3.05, 3.63) is 46.5 Å². The molecule has 1 aliphatic heterocycles. The third kappa shape index (κ3) is 3.15. The molecule has 3 heterocycles. The van der Waals surface area contributed by atoms with Crippen LogP contribution in [0, 0.1) is 12.8 Å². The molecular formula is C20H23N5O3. The smallest absolute Gasteiger partial charge is 0.356 e. The van der Waals surface area contributed by atoms with Crippen molar-refractivity contribution < 1.29 is 14.7 Å².